The van der Waals surface area contributed by atoms with E-state index in [1.165, 1.54) is 12.5 Å². The largest absolute Gasteiger partial charge is 0.333 e. The molecule has 0 atom stereocenters. The van der Waals surface area contributed by atoms with E-state index in [9.17, 15) is 4.79 Å². The van der Waals surface area contributed by atoms with E-state index in [2.05, 4.69) is 10.3 Å². The third-order valence-electron chi connectivity index (χ3n) is 1.75. The molecule has 1 amide bonds. The van der Waals surface area contributed by atoms with Crippen molar-refractivity contribution in [2.75, 3.05) is 0 Å². The maximum atomic E-state index is 11.6. The fourth-order valence-corrected chi connectivity index (χ4v) is 0.952. The van der Waals surface area contributed by atoms with E-state index in [0.717, 1.165) is 0 Å². The second-order valence-corrected chi connectivity index (χ2v) is 3.58. The second-order valence-electron chi connectivity index (χ2n) is 3.58. The van der Waals surface area contributed by atoms with Gasteiger partial charge in [-0.05, 0) is 13.8 Å². The maximum absolute atomic E-state index is 11.6. The molecular weight excluding hydrogens is 180 g/mol. The number of carbonyl (C=O) groups is 1. The summed E-state index contributed by atoms with van der Waals surface area (Å²) >= 11 is 0. The van der Waals surface area contributed by atoms with E-state index in [1.807, 2.05) is 6.07 Å². The van der Waals surface area contributed by atoms with Crippen molar-refractivity contribution >= 4 is 5.91 Å². The van der Waals surface area contributed by atoms with E-state index >= 15 is 0 Å². The SMILES string of the molecule is Cn1cncc1C(=O)NC(C)(C)C#N. The van der Waals surface area contributed by atoms with Gasteiger partial charge in [0.15, 0.2) is 0 Å². The zero-order chi connectivity index (χ0) is 10.8. The van der Waals surface area contributed by atoms with Crippen LogP contribution in [0.25, 0.3) is 0 Å². The van der Waals surface area contributed by atoms with Gasteiger partial charge in [-0.3, -0.25) is 4.79 Å². The van der Waals surface area contributed by atoms with Crippen LogP contribution in [0.5, 0.6) is 0 Å². The first-order valence-electron chi connectivity index (χ1n) is 4.16. The quantitative estimate of drug-likeness (QED) is 0.739. The number of nitrogens with zero attached hydrogens (tertiary/aromatic N) is 3. The van der Waals surface area contributed by atoms with Gasteiger partial charge in [0.05, 0.1) is 18.6 Å². The van der Waals surface area contributed by atoms with Crippen LogP contribution >= 0.6 is 0 Å². The Morgan fingerprint density at radius 3 is 2.79 bits per heavy atom. The van der Waals surface area contributed by atoms with Crippen LogP contribution in [0.4, 0.5) is 0 Å². The van der Waals surface area contributed by atoms with E-state index < -0.39 is 5.54 Å². The molecule has 1 rings (SSSR count). The van der Waals surface area contributed by atoms with Crippen molar-refractivity contribution in [3.05, 3.63) is 18.2 Å². The highest BCUT2D eigenvalue weighted by molar-refractivity contribution is 5.93. The normalized spacial score (nSPS) is 10.7. The minimum atomic E-state index is -0.860. The van der Waals surface area contributed by atoms with Crippen LogP contribution in [0.3, 0.4) is 0 Å². The van der Waals surface area contributed by atoms with Crippen LogP contribution < -0.4 is 5.32 Å². The molecule has 0 radical (unpaired) electrons. The molecule has 0 unspecified atom stereocenters. The van der Waals surface area contributed by atoms with Crippen LogP contribution in [-0.2, 0) is 7.05 Å². The zero-order valence-electron chi connectivity index (χ0n) is 8.40. The van der Waals surface area contributed by atoms with E-state index in [1.54, 1.807) is 25.5 Å². The Kier molecular flexibility index (Phi) is 2.56. The smallest absolute Gasteiger partial charge is 0.270 e. The van der Waals surface area contributed by atoms with E-state index in [4.69, 9.17) is 5.26 Å². The number of carbonyl (C=O) groups excluding carboxylic acids is 1. The number of hydrogen-bond acceptors (Lipinski definition) is 3. The van der Waals surface area contributed by atoms with Gasteiger partial charge in [-0.1, -0.05) is 0 Å². The predicted molar refractivity (Wildman–Crippen MR) is 50.4 cm³/mol. The van der Waals surface area contributed by atoms with Gasteiger partial charge in [0.1, 0.15) is 11.2 Å². The van der Waals surface area contributed by atoms with Crippen LogP contribution in [0.2, 0.25) is 0 Å². The highest BCUT2D eigenvalue weighted by Crippen LogP contribution is 2.03. The highest BCUT2D eigenvalue weighted by atomic mass is 16.2. The molecule has 74 valence electrons. The molecule has 0 aliphatic carbocycles. The standard InChI is InChI=1S/C9H12N4O/c1-9(2,5-10)12-8(14)7-4-11-6-13(7)3/h4,6H,1-3H3,(H,12,14). The molecular formula is C9H12N4O. The molecule has 0 saturated carbocycles. The van der Waals surface area contributed by atoms with Gasteiger partial charge in [-0.15, -0.1) is 0 Å². The summed E-state index contributed by atoms with van der Waals surface area (Å²) < 4.78 is 1.60. The average Bonchev–Trinajstić information content (AvgIpc) is 2.51. The Balaban J connectivity index is 2.80. The lowest BCUT2D eigenvalue weighted by Crippen LogP contribution is -2.42. The Bertz CT molecular complexity index is 386. The number of hydrogen-bond donors (Lipinski definition) is 1. The van der Waals surface area contributed by atoms with Gasteiger partial charge < -0.3 is 9.88 Å². The minimum Gasteiger partial charge on any atom is -0.333 e. The van der Waals surface area contributed by atoms with E-state index in [-0.39, 0.29) is 5.91 Å². The lowest BCUT2D eigenvalue weighted by Gasteiger charge is -2.17. The van der Waals surface area contributed by atoms with E-state index in [0.29, 0.717) is 5.69 Å². The molecule has 0 spiro atoms. The van der Waals surface area contributed by atoms with Gasteiger partial charge in [0.2, 0.25) is 0 Å². The number of rotatable bonds is 2. The molecule has 0 bridgehead atoms. The summed E-state index contributed by atoms with van der Waals surface area (Å²) in [7, 11) is 1.72. The molecule has 0 aliphatic rings. The number of aromatic nitrogens is 2. The fourth-order valence-electron chi connectivity index (χ4n) is 0.952. The molecule has 0 saturated heterocycles. The zero-order valence-corrected chi connectivity index (χ0v) is 8.40. The molecule has 1 aromatic rings. The number of imidazole rings is 1. The lowest BCUT2D eigenvalue weighted by atomic mass is 10.1. The molecule has 1 aromatic heterocycles. The molecule has 14 heavy (non-hydrogen) atoms. The molecule has 1 heterocycles. The summed E-state index contributed by atoms with van der Waals surface area (Å²) in [6.07, 6.45) is 3.00. The number of amides is 1. The number of nitrogens with one attached hydrogen (secondary N) is 1. The van der Waals surface area contributed by atoms with Crippen LogP contribution in [0.1, 0.15) is 24.3 Å². The molecule has 5 nitrogen and oxygen atoms in total. The topological polar surface area (TPSA) is 70.7 Å². The summed E-state index contributed by atoms with van der Waals surface area (Å²) in [5.41, 5.74) is -0.422. The monoisotopic (exact) mass is 192 g/mol. The summed E-state index contributed by atoms with van der Waals surface area (Å²) in [6, 6.07) is 1.99. The fraction of sp³-hybridized carbons (Fsp3) is 0.444. The first-order chi connectivity index (χ1) is 6.46. The average molecular weight is 192 g/mol. The van der Waals surface area contributed by atoms with Crippen molar-refractivity contribution in [2.45, 2.75) is 19.4 Å². The Morgan fingerprint density at radius 2 is 2.36 bits per heavy atom. The summed E-state index contributed by atoms with van der Waals surface area (Å²) in [4.78, 5) is 15.4. The van der Waals surface area contributed by atoms with Crippen molar-refractivity contribution in [3.63, 3.8) is 0 Å². The van der Waals surface area contributed by atoms with Crippen molar-refractivity contribution in [2.24, 2.45) is 7.05 Å². The summed E-state index contributed by atoms with van der Waals surface area (Å²) in [6.45, 7) is 3.28. The van der Waals surface area contributed by atoms with Crippen molar-refractivity contribution in [3.8, 4) is 6.07 Å². The molecule has 1 N–H and O–H groups in total. The summed E-state index contributed by atoms with van der Waals surface area (Å²) in [5.74, 6) is -0.295. The third-order valence-corrected chi connectivity index (χ3v) is 1.75. The Morgan fingerprint density at radius 1 is 1.71 bits per heavy atom. The van der Waals surface area contributed by atoms with Crippen LogP contribution in [-0.4, -0.2) is 21.0 Å². The Hall–Kier alpha value is -1.83. The van der Waals surface area contributed by atoms with Gasteiger partial charge in [0.25, 0.3) is 5.91 Å². The van der Waals surface area contributed by atoms with Gasteiger partial charge >= 0.3 is 0 Å². The first-order valence-corrected chi connectivity index (χ1v) is 4.16. The Labute approximate surface area is 82.4 Å². The van der Waals surface area contributed by atoms with Gasteiger partial charge in [0, 0.05) is 7.05 Å². The van der Waals surface area contributed by atoms with Gasteiger partial charge in [-0.25, -0.2) is 4.98 Å². The first kappa shape index (κ1) is 10.3. The van der Waals surface area contributed by atoms with Crippen molar-refractivity contribution in [1.82, 2.24) is 14.9 Å². The lowest BCUT2D eigenvalue weighted by molar-refractivity contribution is 0.0921. The molecule has 5 heteroatoms. The van der Waals surface area contributed by atoms with Gasteiger partial charge in [-0.2, -0.15) is 5.26 Å². The molecule has 0 aromatic carbocycles. The maximum Gasteiger partial charge on any atom is 0.270 e. The number of nitriles is 1. The highest BCUT2D eigenvalue weighted by Gasteiger charge is 2.21. The summed E-state index contributed by atoms with van der Waals surface area (Å²) in [5, 5.41) is 11.3. The van der Waals surface area contributed by atoms with Crippen molar-refractivity contribution < 1.29 is 4.79 Å². The second kappa shape index (κ2) is 3.50. The van der Waals surface area contributed by atoms with Crippen LogP contribution in [0.15, 0.2) is 12.5 Å². The molecule has 0 aliphatic heterocycles. The minimum absolute atomic E-state index is 0.295. The molecule has 0 fully saturated rings. The number of aryl methyl sites for hydroxylation is 1. The predicted octanol–water partition coefficient (Wildman–Crippen LogP) is 0.452. The van der Waals surface area contributed by atoms with Crippen LogP contribution in [0, 0.1) is 11.3 Å². The third kappa shape index (κ3) is 2.10. The van der Waals surface area contributed by atoms with Crippen molar-refractivity contribution in [1.29, 1.82) is 5.26 Å².